The Morgan fingerprint density at radius 1 is 1.44 bits per heavy atom. The number of para-hydroxylation sites is 1. The molecule has 1 N–H and O–H groups in total. The predicted octanol–water partition coefficient (Wildman–Crippen LogP) is 1.46. The molecular weight excluding hydrogens is 248 g/mol. The second kappa shape index (κ2) is 5.02. The lowest BCUT2D eigenvalue weighted by atomic mass is 9.96. The van der Waals surface area contributed by atoms with E-state index < -0.39 is 0 Å². The van der Waals surface area contributed by atoms with Gasteiger partial charge in [-0.15, -0.1) is 0 Å². The largest absolute Gasteiger partial charge is 0.492 e. The summed E-state index contributed by atoms with van der Waals surface area (Å²) in [6, 6.07) is 7.87. The van der Waals surface area contributed by atoms with Gasteiger partial charge in [0.25, 0.3) is 0 Å². The number of fused-ring (bicyclic) bond motifs is 1. The Bertz CT molecular complexity index is 502. The summed E-state index contributed by atoms with van der Waals surface area (Å²) < 4.78 is 5.61. The van der Waals surface area contributed by atoms with Gasteiger partial charge >= 0.3 is 0 Å². The first kappa shape index (κ1) is 11.6. The van der Waals surface area contributed by atoms with Crippen molar-refractivity contribution >= 4 is 22.8 Å². The summed E-state index contributed by atoms with van der Waals surface area (Å²) in [5.41, 5.74) is 1.10. The quantitative estimate of drug-likeness (QED) is 0.833. The van der Waals surface area contributed by atoms with E-state index in [9.17, 15) is 4.79 Å². The first-order valence-electron chi connectivity index (χ1n) is 6.02. The molecule has 0 aromatic heterocycles. The van der Waals surface area contributed by atoms with Gasteiger partial charge in [-0.1, -0.05) is 30.0 Å². The van der Waals surface area contributed by atoms with Crippen LogP contribution in [0.25, 0.3) is 0 Å². The summed E-state index contributed by atoms with van der Waals surface area (Å²) in [5, 5.41) is 3.62. The van der Waals surface area contributed by atoms with Crippen LogP contribution in [0.1, 0.15) is 5.56 Å². The molecule has 5 heteroatoms. The molecule has 2 heterocycles. The molecule has 0 spiro atoms. The van der Waals surface area contributed by atoms with Crippen molar-refractivity contribution in [1.82, 2.24) is 5.32 Å². The molecule has 0 aliphatic carbocycles. The fraction of sp³-hybridized carbons (Fsp3) is 0.385. The third kappa shape index (κ3) is 2.36. The minimum atomic E-state index is -0.121. The number of carbonyl (C=O) groups excluding carboxylic acids is 1. The third-order valence-electron chi connectivity index (χ3n) is 3.07. The maximum Gasteiger partial charge on any atom is 0.232 e. The number of ether oxygens (including phenoxy) is 1. The van der Waals surface area contributed by atoms with Gasteiger partial charge in [-0.05, 0) is 18.1 Å². The lowest BCUT2D eigenvalue weighted by molar-refractivity contribution is -0.124. The highest BCUT2D eigenvalue weighted by atomic mass is 32.2. The van der Waals surface area contributed by atoms with Crippen molar-refractivity contribution in [2.75, 3.05) is 18.9 Å². The third-order valence-corrected chi connectivity index (χ3v) is 3.96. The molecule has 1 amide bonds. The molecular formula is C13H14N2O2S. The van der Waals surface area contributed by atoms with Crippen molar-refractivity contribution in [1.29, 1.82) is 0 Å². The Morgan fingerprint density at radius 3 is 3.17 bits per heavy atom. The number of nitrogens with one attached hydrogen (secondary N) is 1. The molecule has 1 unspecified atom stereocenters. The van der Waals surface area contributed by atoms with Crippen molar-refractivity contribution in [2.45, 2.75) is 6.42 Å². The molecule has 3 rings (SSSR count). The van der Waals surface area contributed by atoms with Crippen LogP contribution < -0.4 is 10.1 Å². The van der Waals surface area contributed by atoms with Crippen LogP contribution in [0, 0.1) is 5.92 Å². The summed E-state index contributed by atoms with van der Waals surface area (Å²) in [5.74, 6) is 1.75. The van der Waals surface area contributed by atoms with Gasteiger partial charge in [0, 0.05) is 5.75 Å². The molecule has 4 nitrogen and oxygen atoms in total. The Morgan fingerprint density at radius 2 is 2.33 bits per heavy atom. The standard InChI is InChI=1S/C13H14N2O2S/c16-12(15-13-14-5-6-18-13)10-7-9-3-1-2-4-11(9)17-8-10/h1-4,10H,5-8H2,(H,14,15,16). The number of benzene rings is 1. The van der Waals surface area contributed by atoms with E-state index in [4.69, 9.17) is 4.74 Å². The maximum atomic E-state index is 12.1. The van der Waals surface area contributed by atoms with Crippen molar-refractivity contribution in [2.24, 2.45) is 10.9 Å². The van der Waals surface area contributed by atoms with Crippen LogP contribution in [0.5, 0.6) is 5.75 Å². The van der Waals surface area contributed by atoms with Crippen LogP contribution in [0.15, 0.2) is 29.3 Å². The first-order valence-corrected chi connectivity index (χ1v) is 7.00. The maximum absolute atomic E-state index is 12.1. The number of rotatable bonds is 1. The van der Waals surface area contributed by atoms with Crippen LogP contribution in [0.3, 0.4) is 0 Å². The minimum absolute atomic E-state index is 0.0117. The second-order valence-electron chi connectivity index (χ2n) is 4.34. The van der Waals surface area contributed by atoms with Crippen LogP contribution in [0.2, 0.25) is 0 Å². The smallest absolute Gasteiger partial charge is 0.232 e. The topological polar surface area (TPSA) is 50.7 Å². The Hall–Kier alpha value is -1.49. The molecule has 94 valence electrons. The number of hydrogen-bond donors (Lipinski definition) is 1. The monoisotopic (exact) mass is 262 g/mol. The molecule has 1 aromatic rings. The van der Waals surface area contributed by atoms with Gasteiger partial charge in [0.2, 0.25) is 5.91 Å². The molecule has 1 aromatic carbocycles. The van der Waals surface area contributed by atoms with Crippen molar-refractivity contribution in [3.63, 3.8) is 0 Å². The van der Waals surface area contributed by atoms with E-state index in [0.29, 0.717) is 6.61 Å². The van der Waals surface area contributed by atoms with E-state index in [1.807, 2.05) is 24.3 Å². The molecule has 0 fully saturated rings. The molecule has 0 bridgehead atoms. The summed E-state index contributed by atoms with van der Waals surface area (Å²) in [6.45, 7) is 1.24. The summed E-state index contributed by atoms with van der Waals surface area (Å²) >= 11 is 1.60. The molecule has 0 saturated heterocycles. The van der Waals surface area contributed by atoms with Crippen molar-refractivity contribution < 1.29 is 9.53 Å². The number of carbonyl (C=O) groups is 1. The van der Waals surface area contributed by atoms with E-state index in [0.717, 1.165) is 35.2 Å². The number of amidine groups is 1. The van der Waals surface area contributed by atoms with Gasteiger partial charge in [0.05, 0.1) is 12.5 Å². The van der Waals surface area contributed by atoms with E-state index in [-0.39, 0.29) is 11.8 Å². The van der Waals surface area contributed by atoms with E-state index >= 15 is 0 Å². The molecule has 0 saturated carbocycles. The molecule has 2 aliphatic heterocycles. The van der Waals surface area contributed by atoms with E-state index in [2.05, 4.69) is 10.3 Å². The molecule has 0 radical (unpaired) electrons. The fourth-order valence-corrected chi connectivity index (χ4v) is 2.85. The van der Waals surface area contributed by atoms with Gasteiger partial charge in [-0.3, -0.25) is 9.79 Å². The van der Waals surface area contributed by atoms with Gasteiger partial charge in [0.15, 0.2) is 5.17 Å². The minimum Gasteiger partial charge on any atom is -0.492 e. The highest BCUT2D eigenvalue weighted by Crippen LogP contribution is 2.27. The summed E-state index contributed by atoms with van der Waals surface area (Å²) in [6.07, 6.45) is 0.736. The van der Waals surface area contributed by atoms with Crippen LogP contribution >= 0.6 is 11.8 Å². The predicted molar refractivity (Wildman–Crippen MR) is 72.0 cm³/mol. The average molecular weight is 262 g/mol. The van der Waals surface area contributed by atoms with E-state index in [1.165, 1.54) is 0 Å². The number of amides is 1. The Kier molecular flexibility index (Phi) is 3.23. The number of thioether (sulfide) groups is 1. The van der Waals surface area contributed by atoms with Crippen molar-refractivity contribution in [3.05, 3.63) is 29.8 Å². The van der Waals surface area contributed by atoms with Crippen molar-refractivity contribution in [3.8, 4) is 5.75 Å². The zero-order valence-corrected chi connectivity index (χ0v) is 10.7. The zero-order valence-electron chi connectivity index (χ0n) is 9.89. The number of nitrogens with zero attached hydrogens (tertiary/aromatic N) is 1. The summed E-state index contributed by atoms with van der Waals surface area (Å²) in [7, 11) is 0. The number of hydrogen-bond acceptors (Lipinski definition) is 4. The van der Waals surface area contributed by atoms with Gasteiger partial charge in [0.1, 0.15) is 12.4 Å². The highest BCUT2D eigenvalue weighted by molar-refractivity contribution is 8.14. The average Bonchev–Trinajstić information content (AvgIpc) is 2.91. The summed E-state index contributed by atoms with van der Waals surface area (Å²) in [4.78, 5) is 16.3. The SMILES string of the molecule is O=C(NC1=NCCS1)C1COc2ccccc2C1. The first-order chi connectivity index (χ1) is 8.83. The lowest BCUT2D eigenvalue weighted by Crippen LogP contribution is -2.39. The fourth-order valence-electron chi connectivity index (χ4n) is 2.11. The van der Waals surface area contributed by atoms with Crippen LogP contribution in [-0.2, 0) is 11.2 Å². The van der Waals surface area contributed by atoms with Crippen LogP contribution in [0.4, 0.5) is 0 Å². The van der Waals surface area contributed by atoms with Crippen LogP contribution in [-0.4, -0.2) is 30.0 Å². The second-order valence-corrected chi connectivity index (χ2v) is 5.43. The highest BCUT2D eigenvalue weighted by Gasteiger charge is 2.26. The zero-order chi connectivity index (χ0) is 12.4. The molecule has 1 atom stereocenters. The lowest BCUT2D eigenvalue weighted by Gasteiger charge is -2.24. The van der Waals surface area contributed by atoms with E-state index in [1.54, 1.807) is 11.8 Å². The van der Waals surface area contributed by atoms with Gasteiger partial charge in [-0.25, -0.2) is 0 Å². The Balaban J connectivity index is 1.66. The molecule has 2 aliphatic rings. The van der Waals surface area contributed by atoms with Gasteiger partial charge in [-0.2, -0.15) is 0 Å². The number of aliphatic imine (C=N–C) groups is 1. The molecule has 18 heavy (non-hydrogen) atoms. The van der Waals surface area contributed by atoms with Gasteiger partial charge < -0.3 is 10.1 Å². The Labute approximate surface area is 110 Å². The normalized spacial score (nSPS) is 21.8.